The number of anilines is 1. The van der Waals surface area contributed by atoms with Crippen LogP contribution in [0.2, 0.25) is 0 Å². The van der Waals surface area contributed by atoms with E-state index in [1.54, 1.807) is 17.1 Å². The summed E-state index contributed by atoms with van der Waals surface area (Å²) in [5, 5.41) is 4.63. The Kier molecular flexibility index (Phi) is 3.22. The number of nitrogen functional groups attached to an aromatic ring is 1. The standard InChI is InChI=1S/C17H18N4/c1-11-5-4-6-14(12(11)2)16-15(17(18)21(3)20-16)13-7-9-19-10-8-13/h4-10H,18H2,1-3H3. The molecule has 21 heavy (non-hydrogen) atoms. The predicted molar refractivity (Wildman–Crippen MR) is 85.8 cm³/mol. The third-order valence-electron chi connectivity index (χ3n) is 3.92. The van der Waals surface area contributed by atoms with Crippen molar-refractivity contribution in [2.75, 3.05) is 5.73 Å². The largest absolute Gasteiger partial charge is 0.383 e. The molecule has 0 atom stereocenters. The Labute approximate surface area is 124 Å². The lowest BCUT2D eigenvalue weighted by Crippen LogP contribution is -1.97. The third-order valence-corrected chi connectivity index (χ3v) is 3.92. The van der Waals surface area contributed by atoms with Crippen molar-refractivity contribution in [3.05, 3.63) is 53.9 Å². The summed E-state index contributed by atoms with van der Waals surface area (Å²) >= 11 is 0. The summed E-state index contributed by atoms with van der Waals surface area (Å²) in [6.07, 6.45) is 3.54. The second-order valence-corrected chi connectivity index (χ2v) is 5.22. The van der Waals surface area contributed by atoms with Crippen molar-refractivity contribution in [3.63, 3.8) is 0 Å². The van der Waals surface area contributed by atoms with Gasteiger partial charge in [0.1, 0.15) is 11.5 Å². The molecule has 2 N–H and O–H groups in total. The van der Waals surface area contributed by atoms with Crippen molar-refractivity contribution in [2.45, 2.75) is 13.8 Å². The van der Waals surface area contributed by atoms with Crippen molar-refractivity contribution in [3.8, 4) is 22.4 Å². The van der Waals surface area contributed by atoms with Crippen LogP contribution in [0, 0.1) is 13.8 Å². The average Bonchev–Trinajstić information content (AvgIpc) is 2.78. The lowest BCUT2D eigenvalue weighted by atomic mass is 9.96. The molecule has 0 fully saturated rings. The Bertz CT molecular complexity index is 788. The topological polar surface area (TPSA) is 56.7 Å². The van der Waals surface area contributed by atoms with Crippen LogP contribution in [0.4, 0.5) is 5.82 Å². The maximum atomic E-state index is 6.24. The monoisotopic (exact) mass is 278 g/mol. The normalized spacial score (nSPS) is 10.8. The van der Waals surface area contributed by atoms with Gasteiger partial charge in [0.25, 0.3) is 0 Å². The molecule has 0 saturated carbocycles. The second-order valence-electron chi connectivity index (χ2n) is 5.22. The van der Waals surface area contributed by atoms with E-state index in [2.05, 4.69) is 42.1 Å². The van der Waals surface area contributed by atoms with Gasteiger partial charge in [-0.3, -0.25) is 9.67 Å². The highest BCUT2D eigenvalue weighted by Gasteiger charge is 2.18. The molecule has 106 valence electrons. The Balaban J connectivity index is 2.30. The molecule has 0 bridgehead atoms. The van der Waals surface area contributed by atoms with E-state index in [-0.39, 0.29) is 0 Å². The van der Waals surface area contributed by atoms with E-state index < -0.39 is 0 Å². The van der Waals surface area contributed by atoms with E-state index in [9.17, 15) is 0 Å². The minimum absolute atomic E-state index is 0.664. The molecule has 2 aromatic heterocycles. The fraction of sp³-hybridized carbons (Fsp3) is 0.176. The smallest absolute Gasteiger partial charge is 0.129 e. The van der Waals surface area contributed by atoms with Gasteiger partial charge in [-0.1, -0.05) is 18.2 Å². The highest BCUT2D eigenvalue weighted by atomic mass is 15.3. The summed E-state index contributed by atoms with van der Waals surface area (Å²) in [4.78, 5) is 4.07. The molecule has 3 rings (SSSR count). The Morgan fingerprint density at radius 3 is 2.48 bits per heavy atom. The zero-order chi connectivity index (χ0) is 15.0. The number of rotatable bonds is 2. The fourth-order valence-corrected chi connectivity index (χ4v) is 2.54. The van der Waals surface area contributed by atoms with Crippen molar-refractivity contribution in [2.24, 2.45) is 7.05 Å². The first-order chi connectivity index (χ1) is 10.1. The quantitative estimate of drug-likeness (QED) is 0.782. The maximum Gasteiger partial charge on any atom is 0.129 e. The molecular formula is C17H18N4. The summed E-state index contributed by atoms with van der Waals surface area (Å²) in [5.41, 5.74) is 12.8. The highest BCUT2D eigenvalue weighted by molar-refractivity contribution is 5.89. The van der Waals surface area contributed by atoms with Gasteiger partial charge in [0, 0.05) is 25.0 Å². The minimum atomic E-state index is 0.664. The summed E-state index contributed by atoms with van der Waals surface area (Å²) in [5.74, 6) is 0.664. The molecule has 1 aromatic carbocycles. The summed E-state index contributed by atoms with van der Waals surface area (Å²) in [6, 6.07) is 10.2. The lowest BCUT2D eigenvalue weighted by molar-refractivity contribution is 0.782. The highest BCUT2D eigenvalue weighted by Crippen LogP contribution is 2.37. The number of aryl methyl sites for hydroxylation is 2. The first-order valence-electron chi connectivity index (χ1n) is 6.89. The van der Waals surface area contributed by atoms with Gasteiger partial charge in [0.15, 0.2) is 0 Å². The van der Waals surface area contributed by atoms with E-state index in [1.807, 2.05) is 19.2 Å². The molecule has 2 heterocycles. The van der Waals surface area contributed by atoms with Crippen LogP contribution in [0.25, 0.3) is 22.4 Å². The van der Waals surface area contributed by atoms with Crippen molar-refractivity contribution >= 4 is 5.82 Å². The Hall–Kier alpha value is -2.62. The van der Waals surface area contributed by atoms with Crippen LogP contribution in [0.15, 0.2) is 42.7 Å². The molecule has 4 heteroatoms. The molecule has 0 saturated heterocycles. The number of pyridine rings is 1. The van der Waals surface area contributed by atoms with Gasteiger partial charge >= 0.3 is 0 Å². The van der Waals surface area contributed by atoms with Gasteiger partial charge in [-0.05, 0) is 42.7 Å². The molecule has 0 aliphatic carbocycles. The predicted octanol–water partition coefficient (Wildman–Crippen LogP) is 3.35. The van der Waals surface area contributed by atoms with Gasteiger partial charge in [-0.2, -0.15) is 5.10 Å². The molecule has 0 amide bonds. The number of aromatic nitrogens is 3. The molecule has 3 aromatic rings. The van der Waals surface area contributed by atoms with E-state index in [0.29, 0.717) is 5.82 Å². The SMILES string of the molecule is Cc1cccc(-c2nn(C)c(N)c2-c2ccncc2)c1C. The molecule has 4 nitrogen and oxygen atoms in total. The van der Waals surface area contributed by atoms with Crippen molar-refractivity contribution in [1.82, 2.24) is 14.8 Å². The van der Waals surface area contributed by atoms with Crippen LogP contribution >= 0.6 is 0 Å². The second kappa shape index (κ2) is 5.05. The van der Waals surface area contributed by atoms with E-state index in [4.69, 9.17) is 5.73 Å². The lowest BCUT2D eigenvalue weighted by Gasteiger charge is -2.09. The van der Waals surface area contributed by atoms with Crippen LogP contribution in [0.3, 0.4) is 0 Å². The molecule has 0 unspecified atom stereocenters. The van der Waals surface area contributed by atoms with Gasteiger partial charge in [-0.25, -0.2) is 0 Å². The van der Waals surface area contributed by atoms with E-state index >= 15 is 0 Å². The Morgan fingerprint density at radius 1 is 1.05 bits per heavy atom. The van der Waals surface area contributed by atoms with Crippen LogP contribution in [-0.4, -0.2) is 14.8 Å². The summed E-state index contributed by atoms with van der Waals surface area (Å²) < 4.78 is 1.73. The number of nitrogens with two attached hydrogens (primary N) is 1. The molecule has 0 radical (unpaired) electrons. The van der Waals surface area contributed by atoms with Crippen LogP contribution in [0.1, 0.15) is 11.1 Å². The van der Waals surface area contributed by atoms with Crippen LogP contribution in [0.5, 0.6) is 0 Å². The van der Waals surface area contributed by atoms with Gasteiger partial charge in [0.2, 0.25) is 0 Å². The van der Waals surface area contributed by atoms with Crippen molar-refractivity contribution in [1.29, 1.82) is 0 Å². The van der Waals surface area contributed by atoms with E-state index in [1.165, 1.54) is 11.1 Å². The molecule has 0 aliphatic heterocycles. The molecule has 0 aliphatic rings. The summed E-state index contributed by atoms with van der Waals surface area (Å²) in [7, 11) is 1.87. The maximum absolute atomic E-state index is 6.24. The number of hydrogen-bond donors (Lipinski definition) is 1. The third kappa shape index (κ3) is 2.18. The first kappa shape index (κ1) is 13.4. The van der Waals surface area contributed by atoms with Crippen LogP contribution in [-0.2, 0) is 7.05 Å². The Morgan fingerprint density at radius 2 is 1.76 bits per heavy atom. The fourth-order valence-electron chi connectivity index (χ4n) is 2.54. The zero-order valence-corrected chi connectivity index (χ0v) is 12.5. The number of hydrogen-bond acceptors (Lipinski definition) is 3. The van der Waals surface area contributed by atoms with E-state index in [0.717, 1.165) is 22.4 Å². The average molecular weight is 278 g/mol. The van der Waals surface area contributed by atoms with Crippen LogP contribution < -0.4 is 5.73 Å². The minimum Gasteiger partial charge on any atom is -0.383 e. The molecule has 0 spiro atoms. The van der Waals surface area contributed by atoms with Gasteiger partial charge in [-0.15, -0.1) is 0 Å². The number of benzene rings is 1. The van der Waals surface area contributed by atoms with Gasteiger partial charge in [0.05, 0.1) is 5.56 Å². The first-order valence-corrected chi connectivity index (χ1v) is 6.89. The summed E-state index contributed by atoms with van der Waals surface area (Å²) in [6.45, 7) is 4.23. The van der Waals surface area contributed by atoms with Crippen molar-refractivity contribution < 1.29 is 0 Å². The zero-order valence-electron chi connectivity index (χ0n) is 12.5. The van der Waals surface area contributed by atoms with Gasteiger partial charge < -0.3 is 5.73 Å². The number of nitrogens with zero attached hydrogens (tertiary/aromatic N) is 3. The molecular weight excluding hydrogens is 260 g/mol.